The van der Waals surface area contributed by atoms with Gasteiger partial charge >= 0.3 is 0 Å². The van der Waals surface area contributed by atoms with Gasteiger partial charge in [0.05, 0.1) is 6.10 Å². The molecule has 0 aliphatic carbocycles. The lowest BCUT2D eigenvalue weighted by Gasteiger charge is -2.19. The van der Waals surface area contributed by atoms with Crippen molar-refractivity contribution in [3.05, 3.63) is 65.5 Å². The van der Waals surface area contributed by atoms with Gasteiger partial charge in [-0.25, -0.2) is 0 Å². The summed E-state index contributed by atoms with van der Waals surface area (Å²) in [5.41, 5.74) is 3.03. The van der Waals surface area contributed by atoms with Crippen LogP contribution in [0.15, 0.2) is 48.7 Å². The van der Waals surface area contributed by atoms with Crippen molar-refractivity contribution >= 4 is 0 Å². The predicted octanol–water partition coefficient (Wildman–Crippen LogP) is 3.23. The van der Waals surface area contributed by atoms with Crippen molar-refractivity contribution in [3.8, 4) is 0 Å². The minimum absolute atomic E-state index is 0.00185. The molecule has 0 aliphatic rings. The number of hydrogen-bond acceptors (Lipinski definition) is 2. The highest BCUT2D eigenvalue weighted by Crippen LogP contribution is 2.29. The number of aliphatic hydroxyl groups is 1. The molecule has 1 aromatic carbocycles. The SMILES string of the molecule is Cc1cccc(C(O)C(C)c2ccccn2)c1. The molecule has 0 aliphatic heterocycles. The lowest BCUT2D eigenvalue weighted by atomic mass is 9.93. The monoisotopic (exact) mass is 227 g/mol. The molecule has 2 nitrogen and oxygen atoms in total. The minimum atomic E-state index is -0.509. The zero-order valence-electron chi connectivity index (χ0n) is 10.2. The number of benzene rings is 1. The van der Waals surface area contributed by atoms with Crippen molar-refractivity contribution in [2.45, 2.75) is 25.9 Å². The molecule has 2 unspecified atom stereocenters. The largest absolute Gasteiger partial charge is 0.388 e. The van der Waals surface area contributed by atoms with Gasteiger partial charge in [0.15, 0.2) is 0 Å². The van der Waals surface area contributed by atoms with Gasteiger partial charge < -0.3 is 5.11 Å². The van der Waals surface area contributed by atoms with Crippen molar-refractivity contribution in [1.82, 2.24) is 4.98 Å². The van der Waals surface area contributed by atoms with Crippen LogP contribution in [0, 0.1) is 6.92 Å². The van der Waals surface area contributed by atoms with Gasteiger partial charge in [-0.15, -0.1) is 0 Å². The first-order chi connectivity index (χ1) is 8.18. The summed E-state index contributed by atoms with van der Waals surface area (Å²) in [6.07, 6.45) is 1.25. The lowest BCUT2D eigenvalue weighted by Crippen LogP contribution is -2.09. The number of aromatic nitrogens is 1. The second-order valence-electron chi connectivity index (χ2n) is 4.40. The first-order valence-corrected chi connectivity index (χ1v) is 5.84. The Bertz CT molecular complexity index is 481. The van der Waals surface area contributed by atoms with Crippen LogP contribution in [-0.4, -0.2) is 10.1 Å². The molecule has 0 saturated heterocycles. The summed E-state index contributed by atoms with van der Waals surface area (Å²) in [6.45, 7) is 4.02. The third-order valence-corrected chi connectivity index (χ3v) is 3.01. The Morgan fingerprint density at radius 3 is 2.59 bits per heavy atom. The van der Waals surface area contributed by atoms with E-state index in [0.29, 0.717) is 0 Å². The molecule has 1 N–H and O–H groups in total. The average Bonchev–Trinajstić information content (AvgIpc) is 2.38. The molecule has 2 aromatic rings. The molecule has 17 heavy (non-hydrogen) atoms. The van der Waals surface area contributed by atoms with Gasteiger partial charge in [0.25, 0.3) is 0 Å². The Balaban J connectivity index is 2.23. The normalized spacial score (nSPS) is 14.3. The van der Waals surface area contributed by atoms with E-state index in [0.717, 1.165) is 16.8 Å². The van der Waals surface area contributed by atoms with E-state index in [1.165, 1.54) is 0 Å². The summed E-state index contributed by atoms with van der Waals surface area (Å²) in [7, 11) is 0. The second-order valence-corrected chi connectivity index (χ2v) is 4.40. The summed E-state index contributed by atoms with van der Waals surface area (Å²) in [5, 5.41) is 10.3. The van der Waals surface area contributed by atoms with E-state index in [9.17, 15) is 5.11 Å². The zero-order chi connectivity index (χ0) is 12.3. The van der Waals surface area contributed by atoms with E-state index in [4.69, 9.17) is 0 Å². The van der Waals surface area contributed by atoms with Crippen molar-refractivity contribution in [3.63, 3.8) is 0 Å². The van der Waals surface area contributed by atoms with E-state index in [2.05, 4.69) is 4.98 Å². The molecule has 2 heteroatoms. The topological polar surface area (TPSA) is 33.1 Å². The van der Waals surface area contributed by atoms with E-state index in [-0.39, 0.29) is 5.92 Å². The number of rotatable bonds is 3. The molecular weight excluding hydrogens is 210 g/mol. The van der Waals surface area contributed by atoms with Crippen molar-refractivity contribution < 1.29 is 5.11 Å². The maximum Gasteiger partial charge on any atom is 0.0871 e. The summed E-state index contributed by atoms with van der Waals surface area (Å²) >= 11 is 0. The first-order valence-electron chi connectivity index (χ1n) is 5.84. The van der Waals surface area contributed by atoms with Gasteiger partial charge in [0.2, 0.25) is 0 Å². The van der Waals surface area contributed by atoms with Crippen molar-refractivity contribution in [2.24, 2.45) is 0 Å². The van der Waals surface area contributed by atoms with Gasteiger partial charge in [-0.1, -0.05) is 42.8 Å². The molecule has 1 aromatic heterocycles. The molecule has 1 heterocycles. The fraction of sp³-hybridized carbons (Fsp3) is 0.267. The van der Waals surface area contributed by atoms with Crippen molar-refractivity contribution in [1.29, 1.82) is 0 Å². The number of nitrogens with zero attached hydrogens (tertiary/aromatic N) is 1. The Morgan fingerprint density at radius 1 is 1.12 bits per heavy atom. The number of hydrogen-bond donors (Lipinski definition) is 1. The highest BCUT2D eigenvalue weighted by Gasteiger charge is 2.18. The van der Waals surface area contributed by atoms with Gasteiger partial charge in [-0.3, -0.25) is 4.98 Å². The van der Waals surface area contributed by atoms with Gasteiger partial charge in [0, 0.05) is 17.8 Å². The molecule has 0 spiro atoms. The summed E-state index contributed by atoms with van der Waals surface area (Å²) in [6, 6.07) is 13.8. The standard InChI is InChI=1S/C15H17NO/c1-11-6-5-7-13(10-11)15(17)12(2)14-8-3-4-9-16-14/h3-10,12,15,17H,1-2H3. The molecule has 0 radical (unpaired) electrons. The van der Waals surface area contributed by atoms with Crippen LogP contribution in [0.5, 0.6) is 0 Å². The van der Waals surface area contributed by atoms with Crippen molar-refractivity contribution in [2.75, 3.05) is 0 Å². The third kappa shape index (κ3) is 2.71. The van der Waals surface area contributed by atoms with Crippen LogP contribution < -0.4 is 0 Å². The van der Waals surface area contributed by atoms with E-state index in [1.807, 2.05) is 56.3 Å². The van der Waals surface area contributed by atoms with Crippen LogP contribution in [0.2, 0.25) is 0 Å². The summed E-state index contributed by atoms with van der Waals surface area (Å²) in [4.78, 5) is 4.29. The molecule has 2 rings (SSSR count). The predicted molar refractivity (Wildman–Crippen MR) is 68.8 cm³/mol. The maximum atomic E-state index is 10.3. The minimum Gasteiger partial charge on any atom is -0.388 e. The van der Waals surface area contributed by atoms with Gasteiger partial charge in [0.1, 0.15) is 0 Å². The number of aliphatic hydroxyl groups excluding tert-OH is 1. The summed E-state index contributed by atoms with van der Waals surface area (Å²) in [5.74, 6) is -0.00185. The zero-order valence-corrected chi connectivity index (χ0v) is 10.2. The maximum absolute atomic E-state index is 10.3. The Morgan fingerprint density at radius 2 is 1.94 bits per heavy atom. The summed E-state index contributed by atoms with van der Waals surface area (Å²) < 4.78 is 0. The Kier molecular flexibility index (Phi) is 3.55. The van der Waals surface area contributed by atoms with Gasteiger partial charge in [-0.2, -0.15) is 0 Å². The Hall–Kier alpha value is -1.67. The Labute approximate surface area is 102 Å². The fourth-order valence-corrected chi connectivity index (χ4v) is 1.95. The molecule has 88 valence electrons. The highest BCUT2D eigenvalue weighted by molar-refractivity contribution is 5.26. The smallest absolute Gasteiger partial charge is 0.0871 e. The van der Waals surface area contributed by atoms with Crippen LogP contribution in [0.25, 0.3) is 0 Å². The van der Waals surface area contributed by atoms with Crippen LogP contribution in [-0.2, 0) is 0 Å². The first kappa shape index (κ1) is 11.8. The third-order valence-electron chi connectivity index (χ3n) is 3.01. The molecule has 0 bridgehead atoms. The molecule has 0 fully saturated rings. The molecular formula is C15H17NO. The van der Waals surface area contributed by atoms with Gasteiger partial charge in [-0.05, 0) is 24.6 Å². The van der Waals surface area contributed by atoms with Crippen LogP contribution >= 0.6 is 0 Å². The van der Waals surface area contributed by atoms with E-state index in [1.54, 1.807) is 6.20 Å². The van der Waals surface area contributed by atoms with Crippen LogP contribution in [0.4, 0.5) is 0 Å². The highest BCUT2D eigenvalue weighted by atomic mass is 16.3. The average molecular weight is 227 g/mol. The second kappa shape index (κ2) is 5.11. The van der Waals surface area contributed by atoms with E-state index < -0.39 is 6.10 Å². The van der Waals surface area contributed by atoms with Crippen LogP contribution in [0.3, 0.4) is 0 Å². The molecule has 2 atom stereocenters. The number of aryl methyl sites for hydroxylation is 1. The lowest BCUT2D eigenvalue weighted by molar-refractivity contribution is 0.150. The van der Waals surface area contributed by atoms with E-state index >= 15 is 0 Å². The quantitative estimate of drug-likeness (QED) is 0.873. The molecule has 0 saturated carbocycles. The fourth-order valence-electron chi connectivity index (χ4n) is 1.95. The molecule has 0 amide bonds. The van der Waals surface area contributed by atoms with Crippen LogP contribution in [0.1, 0.15) is 35.8 Å². The number of pyridine rings is 1.